The van der Waals surface area contributed by atoms with E-state index in [0.717, 1.165) is 16.9 Å². The molecule has 2 atom stereocenters. The predicted octanol–water partition coefficient (Wildman–Crippen LogP) is 3.31. The summed E-state index contributed by atoms with van der Waals surface area (Å²) in [7, 11) is 0.119. The van der Waals surface area contributed by atoms with Crippen molar-refractivity contribution in [2.75, 3.05) is 20.7 Å². The summed E-state index contributed by atoms with van der Waals surface area (Å²) in [5.41, 5.74) is 0.711. The number of fused-ring (bicyclic) bond motifs is 2. The highest BCUT2D eigenvalue weighted by Crippen LogP contribution is 2.40. The van der Waals surface area contributed by atoms with Crippen LogP contribution in [-0.4, -0.2) is 46.1 Å². The first-order valence-corrected chi connectivity index (χ1v) is 10.7. The molecule has 1 aliphatic heterocycles. The maximum atomic E-state index is 14.6. The lowest BCUT2D eigenvalue weighted by molar-refractivity contribution is 0.0826. The molecule has 1 aromatic heterocycles. The first kappa shape index (κ1) is 21.9. The number of carbonyl (C=O) groups excluding carboxylic acids is 1. The Hall–Kier alpha value is -3.30. The summed E-state index contributed by atoms with van der Waals surface area (Å²) in [6, 6.07) is 4.74. The minimum absolute atomic E-state index is 0.0397. The van der Waals surface area contributed by atoms with Gasteiger partial charge in [-0.1, -0.05) is 0 Å². The van der Waals surface area contributed by atoms with Gasteiger partial charge in [-0.2, -0.15) is 0 Å². The highest BCUT2D eigenvalue weighted by Gasteiger charge is 2.30. The smallest absolute Gasteiger partial charge is 0.493 e. The molecule has 0 spiro atoms. The van der Waals surface area contributed by atoms with Crippen LogP contribution in [0.3, 0.4) is 0 Å². The fraction of sp³-hybridized carbons (Fsp3) is 0.300. The average molecular weight is 466 g/mol. The predicted molar refractivity (Wildman–Crippen MR) is 109 cm³/mol. The Labute approximate surface area is 182 Å². The normalized spacial score (nSPS) is 15.7. The number of nitrogens with zero attached hydrogens (tertiary/aromatic N) is 3. The van der Waals surface area contributed by atoms with Crippen molar-refractivity contribution < 1.29 is 37.1 Å². The molecule has 0 bridgehead atoms. The van der Waals surface area contributed by atoms with Crippen LogP contribution in [0.5, 0.6) is 11.5 Å². The average Bonchev–Trinajstić information content (AvgIpc) is 3.02. The second-order valence-electron chi connectivity index (χ2n) is 7.36. The molecule has 0 saturated carbocycles. The SMILES string of the molecule is Cc1nc2c(O[C@H]3CCOc4cc(F)cc(F)c43)cc(C(=O)N(C)C)cc2n1O[P+](=O)O. The molecule has 1 amide bonds. The van der Waals surface area contributed by atoms with E-state index in [1.807, 2.05) is 0 Å². The van der Waals surface area contributed by atoms with Gasteiger partial charge in [0, 0.05) is 42.8 Å². The topological polar surface area (TPSA) is 103 Å². The van der Waals surface area contributed by atoms with Gasteiger partial charge in [0.15, 0.2) is 0 Å². The summed E-state index contributed by atoms with van der Waals surface area (Å²) >= 11 is 0. The van der Waals surface area contributed by atoms with Crippen LogP contribution in [0, 0.1) is 18.6 Å². The van der Waals surface area contributed by atoms with Crippen molar-refractivity contribution >= 4 is 25.2 Å². The van der Waals surface area contributed by atoms with Crippen molar-refractivity contribution in [3.05, 3.63) is 52.9 Å². The third kappa shape index (κ3) is 3.96. The van der Waals surface area contributed by atoms with E-state index in [-0.39, 0.29) is 58.4 Å². The lowest BCUT2D eigenvalue weighted by atomic mass is 10.0. The van der Waals surface area contributed by atoms with Gasteiger partial charge in [0.1, 0.15) is 46.1 Å². The molecule has 1 unspecified atom stereocenters. The Morgan fingerprint density at radius 3 is 2.75 bits per heavy atom. The molecule has 32 heavy (non-hydrogen) atoms. The number of halogens is 2. The molecular formula is C20H19F2N3O6P+. The van der Waals surface area contributed by atoms with Gasteiger partial charge in [-0.05, 0) is 19.1 Å². The van der Waals surface area contributed by atoms with E-state index >= 15 is 0 Å². The summed E-state index contributed by atoms with van der Waals surface area (Å²) in [5.74, 6) is -1.55. The largest absolute Gasteiger partial charge is 0.768 e. The summed E-state index contributed by atoms with van der Waals surface area (Å²) in [5, 5.41) is 0. The lowest BCUT2D eigenvalue weighted by Crippen LogP contribution is -2.23. The number of imidazole rings is 1. The number of aromatic nitrogens is 2. The molecule has 2 aromatic carbocycles. The molecule has 0 aliphatic carbocycles. The van der Waals surface area contributed by atoms with Crippen LogP contribution >= 0.6 is 8.25 Å². The number of benzene rings is 2. The standard InChI is InChI=1S/C20H18F2N3O6P/c1-10-23-19-14(25(10)31-32(27)28)6-11(20(26)24(2)3)7-17(19)30-15-4-5-29-16-9-12(21)8-13(22)18(15)16/h6-9,15H,4-5H2,1-3H3/p+1/t15-/m0/s1. The van der Waals surface area contributed by atoms with Gasteiger partial charge in [-0.3, -0.25) is 4.79 Å². The van der Waals surface area contributed by atoms with Gasteiger partial charge in [0.05, 0.1) is 12.2 Å². The quantitative estimate of drug-likeness (QED) is 0.576. The number of hydrogen-bond acceptors (Lipinski definition) is 6. The monoisotopic (exact) mass is 466 g/mol. The number of ether oxygens (including phenoxy) is 2. The Kier molecular flexibility index (Phi) is 5.70. The van der Waals surface area contributed by atoms with Crippen molar-refractivity contribution in [1.82, 2.24) is 14.6 Å². The molecule has 3 aromatic rings. The summed E-state index contributed by atoms with van der Waals surface area (Å²) < 4.78 is 56.9. The van der Waals surface area contributed by atoms with E-state index in [0.29, 0.717) is 0 Å². The molecule has 9 nitrogen and oxygen atoms in total. The molecule has 0 saturated heterocycles. The maximum Gasteiger partial charge on any atom is 0.768 e. The van der Waals surface area contributed by atoms with E-state index in [1.54, 1.807) is 21.0 Å². The zero-order valence-corrected chi connectivity index (χ0v) is 18.2. The van der Waals surface area contributed by atoms with E-state index in [4.69, 9.17) is 14.1 Å². The Morgan fingerprint density at radius 1 is 1.31 bits per heavy atom. The molecule has 4 rings (SSSR count). The lowest BCUT2D eigenvalue weighted by Gasteiger charge is -2.27. The molecular weight excluding hydrogens is 447 g/mol. The van der Waals surface area contributed by atoms with Crippen LogP contribution in [0.4, 0.5) is 8.78 Å². The van der Waals surface area contributed by atoms with Gasteiger partial charge in [0.2, 0.25) is 0 Å². The van der Waals surface area contributed by atoms with Crippen molar-refractivity contribution in [2.45, 2.75) is 19.4 Å². The minimum atomic E-state index is -3.01. The number of rotatable bonds is 5. The van der Waals surface area contributed by atoms with E-state index < -0.39 is 26.0 Å². The van der Waals surface area contributed by atoms with Crippen LogP contribution < -0.4 is 14.1 Å². The van der Waals surface area contributed by atoms with Gasteiger partial charge < -0.3 is 14.4 Å². The molecule has 1 N–H and O–H groups in total. The number of aryl methyl sites for hydroxylation is 1. The summed E-state index contributed by atoms with van der Waals surface area (Å²) in [6.45, 7) is 1.71. The Bertz CT molecular complexity index is 1250. The number of hydrogen-bond donors (Lipinski definition) is 1. The van der Waals surface area contributed by atoms with Crippen molar-refractivity contribution in [2.24, 2.45) is 0 Å². The van der Waals surface area contributed by atoms with Gasteiger partial charge in [0.25, 0.3) is 5.91 Å². The van der Waals surface area contributed by atoms with Crippen molar-refractivity contribution in [1.29, 1.82) is 0 Å². The van der Waals surface area contributed by atoms with Crippen molar-refractivity contribution in [3.63, 3.8) is 0 Å². The third-order valence-corrected chi connectivity index (χ3v) is 5.23. The Balaban J connectivity index is 1.86. The van der Waals surface area contributed by atoms with Gasteiger partial charge >= 0.3 is 8.25 Å². The zero-order chi connectivity index (χ0) is 23.2. The van der Waals surface area contributed by atoms with E-state index in [1.165, 1.54) is 17.0 Å². The van der Waals surface area contributed by atoms with Crippen LogP contribution in [0.15, 0.2) is 24.3 Å². The fourth-order valence-corrected chi connectivity index (χ4v) is 3.92. The van der Waals surface area contributed by atoms with Crippen molar-refractivity contribution in [3.8, 4) is 11.5 Å². The Morgan fingerprint density at radius 2 is 2.06 bits per heavy atom. The maximum absolute atomic E-state index is 14.6. The highest BCUT2D eigenvalue weighted by atomic mass is 31.1. The molecule has 0 radical (unpaired) electrons. The number of carbonyl (C=O) groups is 1. The molecule has 168 valence electrons. The molecule has 0 fully saturated rings. The number of amides is 1. The second-order valence-corrected chi connectivity index (χ2v) is 8.00. The molecule has 12 heteroatoms. The van der Waals surface area contributed by atoms with Gasteiger partial charge in [-0.15, -0.1) is 14.2 Å². The van der Waals surface area contributed by atoms with Crippen LogP contribution in [0.25, 0.3) is 11.0 Å². The van der Waals surface area contributed by atoms with Crippen LogP contribution in [0.1, 0.15) is 34.3 Å². The van der Waals surface area contributed by atoms with Crippen LogP contribution in [-0.2, 0) is 4.57 Å². The summed E-state index contributed by atoms with van der Waals surface area (Å²) in [6.07, 6.45) is -0.574. The highest BCUT2D eigenvalue weighted by molar-refractivity contribution is 7.32. The fourth-order valence-electron chi connectivity index (χ4n) is 3.57. The first-order valence-electron chi connectivity index (χ1n) is 9.53. The van der Waals surface area contributed by atoms with Crippen LogP contribution in [0.2, 0.25) is 0 Å². The summed E-state index contributed by atoms with van der Waals surface area (Å²) in [4.78, 5) is 27.5. The zero-order valence-electron chi connectivity index (χ0n) is 17.3. The van der Waals surface area contributed by atoms with Gasteiger partial charge in [-0.25, -0.2) is 13.8 Å². The van der Waals surface area contributed by atoms with E-state index in [2.05, 4.69) is 4.98 Å². The second kappa shape index (κ2) is 8.33. The molecule has 1 aliphatic rings. The first-order chi connectivity index (χ1) is 15.2. The van der Waals surface area contributed by atoms with E-state index in [9.17, 15) is 23.0 Å². The minimum Gasteiger partial charge on any atom is -0.493 e. The molecule has 2 heterocycles. The third-order valence-electron chi connectivity index (χ3n) is 4.93.